The molecule has 0 radical (unpaired) electrons. The van der Waals surface area contributed by atoms with E-state index >= 15 is 0 Å². The van der Waals surface area contributed by atoms with Gasteiger partial charge in [0, 0.05) is 0 Å². The minimum atomic E-state index is -4.11. The summed E-state index contributed by atoms with van der Waals surface area (Å²) in [6, 6.07) is 0. The number of hydrogen-bond acceptors (Lipinski definition) is 3. The van der Waals surface area contributed by atoms with Crippen molar-refractivity contribution in [3.8, 4) is 0 Å². The van der Waals surface area contributed by atoms with Crippen LogP contribution in [0.3, 0.4) is 0 Å². The summed E-state index contributed by atoms with van der Waals surface area (Å²) >= 11 is -4.11. The van der Waals surface area contributed by atoms with Gasteiger partial charge in [-0.3, -0.25) is 0 Å². The van der Waals surface area contributed by atoms with Crippen LogP contribution in [0.4, 0.5) is 0 Å². The van der Waals surface area contributed by atoms with Crippen molar-refractivity contribution < 1.29 is 58.4 Å². The van der Waals surface area contributed by atoms with Crippen LogP contribution in [0.2, 0.25) is 0 Å². The van der Waals surface area contributed by atoms with Crippen molar-refractivity contribution in [2.75, 3.05) is 0 Å². The maximum atomic E-state index is 8.59. The Bertz CT molecular complexity index is 80.2. The second-order valence-electron chi connectivity index (χ2n) is 0.204. The fourth-order valence-corrected chi connectivity index (χ4v) is 0. The third-order valence-electron chi connectivity index (χ3n) is 0. The quantitative estimate of drug-likeness (QED) is 0.357. The van der Waals surface area contributed by atoms with Gasteiger partial charge in [0.1, 0.15) is 0 Å². The van der Waals surface area contributed by atoms with Crippen LogP contribution in [0, 0.1) is 0 Å². The van der Waals surface area contributed by atoms with E-state index in [4.69, 9.17) is 10.2 Å². The van der Waals surface area contributed by atoms with Crippen molar-refractivity contribution in [3.05, 3.63) is 0 Å². The minimum absolute atomic E-state index is 0. The molecule has 26 valence electrons. The Morgan fingerprint density at radius 2 is 1.20 bits per heavy atom. The standard InChI is InChI=1S/Mo.Na.3O.H/q;+1;;;;-1. The van der Waals surface area contributed by atoms with E-state index in [1.807, 2.05) is 0 Å². The second-order valence-corrected chi connectivity index (χ2v) is 1.21. The molecule has 0 bridgehead atoms. The van der Waals surface area contributed by atoms with Crippen molar-refractivity contribution in [2.24, 2.45) is 0 Å². The molecule has 0 amide bonds. The molecule has 0 aliphatic rings. The van der Waals surface area contributed by atoms with Crippen LogP contribution < -0.4 is 29.6 Å². The predicted octanol–water partition coefficient (Wildman–Crippen LogP) is -3.24. The third kappa shape index (κ3) is 41.0. The summed E-state index contributed by atoms with van der Waals surface area (Å²) in [5, 5.41) is 0. The number of hydrogen-bond donors (Lipinski definition) is 0. The molecule has 0 aliphatic heterocycles. The summed E-state index contributed by atoms with van der Waals surface area (Å²) in [5.74, 6) is 0. The molecule has 5 heteroatoms. The molecule has 0 unspecified atom stereocenters. The molecule has 0 rings (SSSR count). The van der Waals surface area contributed by atoms with E-state index in [0.717, 1.165) is 0 Å². The first-order valence-electron chi connectivity index (χ1n) is 0.500. The van der Waals surface area contributed by atoms with Gasteiger partial charge in [-0.15, -0.1) is 0 Å². The van der Waals surface area contributed by atoms with Crippen molar-refractivity contribution >= 4 is 0 Å². The van der Waals surface area contributed by atoms with Crippen molar-refractivity contribution in [2.45, 2.75) is 0 Å². The summed E-state index contributed by atoms with van der Waals surface area (Å²) < 4.78 is 25.8. The molecule has 0 aromatic heterocycles. The predicted molar refractivity (Wildman–Crippen MR) is 3.17 cm³/mol. The average Bonchev–Trinajstić information content (AvgIpc) is 0.811. The molecular weight excluding hydrogens is 167 g/mol. The summed E-state index contributed by atoms with van der Waals surface area (Å²) in [7, 11) is 0. The first kappa shape index (κ1) is 9.43. The fraction of sp³-hybridized carbons (Fsp3) is 0. The van der Waals surface area contributed by atoms with E-state index in [1.54, 1.807) is 0 Å². The van der Waals surface area contributed by atoms with Gasteiger partial charge < -0.3 is 1.43 Å². The van der Waals surface area contributed by atoms with Crippen LogP contribution in [-0.4, -0.2) is 0 Å². The molecule has 0 saturated carbocycles. The molecule has 0 heterocycles. The normalized spacial score (nSPS) is 4.80. The van der Waals surface area contributed by atoms with Crippen LogP contribution >= 0.6 is 0 Å². The monoisotopic (exact) mass is 170 g/mol. The van der Waals surface area contributed by atoms with Crippen molar-refractivity contribution in [1.82, 2.24) is 0 Å². The first-order valence-corrected chi connectivity index (χ1v) is 2.96. The molecule has 0 aromatic rings. The van der Waals surface area contributed by atoms with Crippen LogP contribution in [0.25, 0.3) is 0 Å². The van der Waals surface area contributed by atoms with Crippen LogP contribution in [0.5, 0.6) is 0 Å². The number of rotatable bonds is 0. The molecule has 5 heavy (non-hydrogen) atoms. The van der Waals surface area contributed by atoms with Crippen LogP contribution in [0.1, 0.15) is 1.43 Å². The molecule has 0 atom stereocenters. The van der Waals surface area contributed by atoms with Gasteiger partial charge in [0.25, 0.3) is 0 Å². The van der Waals surface area contributed by atoms with Crippen LogP contribution in [0.15, 0.2) is 0 Å². The Hall–Kier alpha value is 1.09. The fourth-order valence-electron chi connectivity index (χ4n) is 0. The Morgan fingerprint density at radius 3 is 1.20 bits per heavy atom. The topological polar surface area (TPSA) is 51.2 Å². The zero-order valence-corrected chi connectivity index (χ0v) is 6.64. The Morgan fingerprint density at radius 1 is 1.20 bits per heavy atom. The van der Waals surface area contributed by atoms with E-state index in [1.165, 1.54) is 0 Å². The summed E-state index contributed by atoms with van der Waals surface area (Å²) in [4.78, 5) is 0. The van der Waals surface area contributed by atoms with Gasteiger partial charge in [0.15, 0.2) is 0 Å². The van der Waals surface area contributed by atoms with Gasteiger partial charge in [0.05, 0.1) is 0 Å². The molecule has 3 nitrogen and oxygen atoms in total. The first-order chi connectivity index (χ1) is 1.73. The molecular formula is HMoNaO3. The van der Waals surface area contributed by atoms with Crippen molar-refractivity contribution in [3.63, 3.8) is 0 Å². The maximum absolute atomic E-state index is 8.59. The molecule has 0 spiro atoms. The molecule has 0 N–H and O–H groups in total. The third-order valence-corrected chi connectivity index (χ3v) is 0. The van der Waals surface area contributed by atoms with Gasteiger partial charge in [-0.05, 0) is 0 Å². The van der Waals surface area contributed by atoms with Gasteiger partial charge in [-0.25, -0.2) is 0 Å². The zero-order chi connectivity index (χ0) is 3.58. The Labute approximate surface area is 58.0 Å². The van der Waals surface area contributed by atoms with Gasteiger partial charge in [-0.2, -0.15) is 0 Å². The molecule has 0 aromatic carbocycles. The van der Waals surface area contributed by atoms with Crippen molar-refractivity contribution in [1.29, 1.82) is 0 Å². The van der Waals surface area contributed by atoms with Gasteiger partial charge in [0.2, 0.25) is 0 Å². The SMILES string of the molecule is [H-].[Na+].[O]=[Mo](=[O])=[O]. The Balaban J connectivity index is -0.0000000450. The molecule has 0 fully saturated rings. The summed E-state index contributed by atoms with van der Waals surface area (Å²) in [6.07, 6.45) is 0. The van der Waals surface area contributed by atoms with E-state index in [-0.39, 0.29) is 31.0 Å². The summed E-state index contributed by atoms with van der Waals surface area (Å²) in [5.41, 5.74) is 0. The van der Waals surface area contributed by atoms with Gasteiger partial charge >= 0.3 is 57.0 Å². The van der Waals surface area contributed by atoms with E-state index < -0.39 is 17.2 Å². The van der Waals surface area contributed by atoms with E-state index in [9.17, 15) is 0 Å². The molecule has 0 aliphatic carbocycles. The van der Waals surface area contributed by atoms with E-state index in [2.05, 4.69) is 0 Å². The van der Waals surface area contributed by atoms with E-state index in [0.29, 0.717) is 0 Å². The second kappa shape index (κ2) is 5.09. The molecule has 0 saturated heterocycles. The zero-order valence-electron chi connectivity index (χ0n) is 3.63. The summed E-state index contributed by atoms with van der Waals surface area (Å²) in [6.45, 7) is 0. The Kier molecular flexibility index (Phi) is 9.60. The average molecular weight is 168 g/mol. The van der Waals surface area contributed by atoms with Gasteiger partial charge in [-0.1, -0.05) is 0 Å². The van der Waals surface area contributed by atoms with Crippen LogP contribution in [-0.2, 0) is 27.4 Å².